The lowest BCUT2D eigenvalue weighted by Crippen LogP contribution is -2.14. The van der Waals surface area contributed by atoms with Crippen molar-refractivity contribution in [2.75, 3.05) is 14.2 Å². The van der Waals surface area contributed by atoms with E-state index in [4.69, 9.17) is 9.47 Å². The second-order valence-electron chi connectivity index (χ2n) is 4.85. The van der Waals surface area contributed by atoms with E-state index < -0.39 is 0 Å². The van der Waals surface area contributed by atoms with Gasteiger partial charge in [0.15, 0.2) is 6.29 Å². The minimum Gasteiger partial charge on any atom is -0.356 e. The summed E-state index contributed by atoms with van der Waals surface area (Å²) in [6, 6.07) is 0. The van der Waals surface area contributed by atoms with E-state index in [-0.39, 0.29) is 6.29 Å². The second kappa shape index (κ2) is 13.0. The zero-order valence-electron chi connectivity index (χ0n) is 12.4. The van der Waals surface area contributed by atoms with Crippen molar-refractivity contribution in [3.8, 4) is 0 Å². The standard InChI is InChI=1S/C15H30O3/c1-4-5-6-7-8-9-10-11-14(16)12-13-15(17-2)18-3/h15H,4-13H2,1-3H3. The van der Waals surface area contributed by atoms with Crippen LogP contribution in [0.2, 0.25) is 0 Å². The SMILES string of the molecule is CCCCCCCCCC(=O)CCC(OC)OC. The van der Waals surface area contributed by atoms with Crippen molar-refractivity contribution in [3.63, 3.8) is 0 Å². The first-order valence-electron chi connectivity index (χ1n) is 7.31. The molecule has 0 fully saturated rings. The first kappa shape index (κ1) is 17.6. The van der Waals surface area contributed by atoms with E-state index >= 15 is 0 Å². The fourth-order valence-electron chi connectivity index (χ4n) is 2.02. The van der Waals surface area contributed by atoms with Gasteiger partial charge < -0.3 is 9.47 Å². The number of ether oxygens (including phenoxy) is 2. The maximum absolute atomic E-state index is 11.6. The molecule has 0 amide bonds. The molecule has 0 aliphatic rings. The first-order chi connectivity index (χ1) is 8.74. The van der Waals surface area contributed by atoms with E-state index in [2.05, 4.69) is 6.92 Å². The Hall–Kier alpha value is -0.410. The van der Waals surface area contributed by atoms with E-state index in [1.807, 2.05) is 0 Å². The van der Waals surface area contributed by atoms with Gasteiger partial charge in [0.25, 0.3) is 0 Å². The number of Topliss-reactive ketones (excluding diaryl/α,β-unsaturated/α-hetero) is 1. The van der Waals surface area contributed by atoms with Gasteiger partial charge in [0.1, 0.15) is 5.78 Å². The van der Waals surface area contributed by atoms with Crippen LogP contribution in [0.4, 0.5) is 0 Å². The number of rotatable bonds is 13. The number of ketones is 1. The van der Waals surface area contributed by atoms with Gasteiger partial charge in [0.05, 0.1) is 0 Å². The van der Waals surface area contributed by atoms with Gasteiger partial charge in [0.2, 0.25) is 0 Å². The highest BCUT2D eigenvalue weighted by Gasteiger charge is 2.08. The maximum atomic E-state index is 11.6. The molecule has 0 aromatic heterocycles. The summed E-state index contributed by atoms with van der Waals surface area (Å²) < 4.78 is 10.1. The van der Waals surface area contributed by atoms with Gasteiger partial charge in [-0.05, 0) is 6.42 Å². The summed E-state index contributed by atoms with van der Waals surface area (Å²) in [6.45, 7) is 2.23. The van der Waals surface area contributed by atoms with Crippen LogP contribution in [-0.4, -0.2) is 26.3 Å². The normalized spacial score (nSPS) is 11.1. The number of carbonyl (C=O) groups excluding carboxylic acids is 1. The van der Waals surface area contributed by atoms with Gasteiger partial charge in [-0.2, -0.15) is 0 Å². The highest BCUT2D eigenvalue weighted by Crippen LogP contribution is 2.10. The van der Waals surface area contributed by atoms with Crippen molar-refractivity contribution in [2.45, 2.75) is 77.4 Å². The Kier molecular flexibility index (Phi) is 12.7. The summed E-state index contributed by atoms with van der Waals surface area (Å²) in [6.07, 6.45) is 10.5. The molecule has 0 heterocycles. The van der Waals surface area contributed by atoms with E-state index in [9.17, 15) is 4.79 Å². The molecule has 0 spiro atoms. The minimum absolute atomic E-state index is 0.233. The Bertz CT molecular complexity index is 188. The molecule has 0 aliphatic carbocycles. The Labute approximate surface area is 112 Å². The van der Waals surface area contributed by atoms with Gasteiger partial charge in [-0.3, -0.25) is 4.79 Å². The van der Waals surface area contributed by atoms with Crippen LogP contribution in [-0.2, 0) is 14.3 Å². The third-order valence-electron chi connectivity index (χ3n) is 3.24. The predicted octanol–water partition coefficient (Wildman–Crippen LogP) is 4.10. The van der Waals surface area contributed by atoms with Crippen LogP contribution in [0.3, 0.4) is 0 Å². The van der Waals surface area contributed by atoms with Crippen molar-refractivity contribution in [2.24, 2.45) is 0 Å². The lowest BCUT2D eigenvalue weighted by atomic mass is 10.0. The summed E-state index contributed by atoms with van der Waals surface area (Å²) >= 11 is 0. The van der Waals surface area contributed by atoms with E-state index in [1.54, 1.807) is 14.2 Å². The molecule has 0 aromatic carbocycles. The molecule has 108 valence electrons. The Morgan fingerprint density at radius 2 is 1.44 bits per heavy atom. The van der Waals surface area contributed by atoms with Crippen molar-refractivity contribution in [3.05, 3.63) is 0 Å². The molecular weight excluding hydrogens is 228 g/mol. The zero-order valence-corrected chi connectivity index (χ0v) is 12.4. The van der Waals surface area contributed by atoms with Gasteiger partial charge in [-0.15, -0.1) is 0 Å². The van der Waals surface area contributed by atoms with Gasteiger partial charge >= 0.3 is 0 Å². The zero-order chi connectivity index (χ0) is 13.6. The lowest BCUT2D eigenvalue weighted by Gasteiger charge is -2.12. The van der Waals surface area contributed by atoms with Crippen LogP contribution in [0.25, 0.3) is 0 Å². The average molecular weight is 258 g/mol. The topological polar surface area (TPSA) is 35.5 Å². The van der Waals surface area contributed by atoms with E-state index in [0.717, 1.165) is 6.42 Å². The molecule has 18 heavy (non-hydrogen) atoms. The smallest absolute Gasteiger partial charge is 0.157 e. The summed E-state index contributed by atoms with van der Waals surface area (Å²) in [5, 5.41) is 0. The van der Waals surface area contributed by atoms with Crippen molar-refractivity contribution in [1.82, 2.24) is 0 Å². The fourth-order valence-corrected chi connectivity index (χ4v) is 2.02. The molecular formula is C15H30O3. The Morgan fingerprint density at radius 1 is 0.889 bits per heavy atom. The molecule has 0 rings (SSSR count). The van der Waals surface area contributed by atoms with E-state index in [0.29, 0.717) is 25.0 Å². The molecule has 0 saturated carbocycles. The number of carbonyl (C=O) groups is 1. The molecule has 0 aromatic rings. The third kappa shape index (κ3) is 10.7. The monoisotopic (exact) mass is 258 g/mol. The van der Waals surface area contributed by atoms with Gasteiger partial charge in [-0.1, -0.05) is 45.4 Å². The predicted molar refractivity (Wildman–Crippen MR) is 74.7 cm³/mol. The lowest BCUT2D eigenvalue weighted by molar-refractivity contribution is -0.127. The minimum atomic E-state index is -0.233. The molecule has 0 N–H and O–H groups in total. The quantitative estimate of drug-likeness (QED) is 0.368. The molecule has 0 saturated heterocycles. The largest absolute Gasteiger partial charge is 0.356 e. The number of hydrogen-bond donors (Lipinski definition) is 0. The van der Waals surface area contributed by atoms with Crippen LogP contribution >= 0.6 is 0 Å². The van der Waals surface area contributed by atoms with Crippen LogP contribution < -0.4 is 0 Å². The third-order valence-corrected chi connectivity index (χ3v) is 3.24. The maximum Gasteiger partial charge on any atom is 0.157 e. The fraction of sp³-hybridized carbons (Fsp3) is 0.933. The van der Waals surface area contributed by atoms with Crippen molar-refractivity contribution >= 4 is 5.78 Å². The van der Waals surface area contributed by atoms with E-state index in [1.165, 1.54) is 38.5 Å². The van der Waals surface area contributed by atoms with Crippen LogP contribution in [0, 0.1) is 0 Å². The van der Waals surface area contributed by atoms with Gasteiger partial charge in [-0.25, -0.2) is 0 Å². The van der Waals surface area contributed by atoms with Crippen molar-refractivity contribution < 1.29 is 14.3 Å². The Morgan fingerprint density at radius 3 is 2.00 bits per heavy atom. The van der Waals surface area contributed by atoms with Gasteiger partial charge in [0, 0.05) is 33.5 Å². The molecule has 3 heteroatoms. The van der Waals surface area contributed by atoms with Crippen LogP contribution in [0.5, 0.6) is 0 Å². The molecule has 0 bridgehead atoms. The highest BCUT2D eigenvalue weighted by molar-refractivity contribution is 5.78. The summed E-state index contributed by atoms with van der Waals surface area (Å²) in [7, 11) is 3.21. The number of methoxy groups -OCH3 is 2. The molecule has 0 unspecified atom stereocenters. The summed E-state index contributed by atoms with van der Waals surface area (Å²) in [5.74, 6) is 0.336. The summed E-state index contributed by atoms with van der Waals surface area (Å²) in [4.78, 5) is 11.6. The van der Waals surface area contributed by atoms with Crippen LogP contribution in [0.15, 0.2) is 0 Å². The molecule has 3 nitrogen and oxygen atoms in total. The Balaban J connectivity index is 3.31. The number of hydrogen-bond acceptors (Lipinski definition) is 3. The highest BCUT2D eigenvalue weighted by atomic mass is 16.7. The molecule has 0 aliphatic heterocycles. The van der Waals surface area contributed by atoms with Crippen LogP contribution in [0.1, 0.15) is 71.1 Å². The second-order valence-corrected chi connectivity index (χ2v) is 4.85. The first-order valence-corrected chi connectivity index (χ1v) is 7.31. The number of unbranched alkanes of at least 4 members (excludes halogenated alkanes) is 6. The van der Waals surface area contributed by atoms with Crippen molar-refractivity contribution in [1.29, 1.82) is 0 Å². The molecule has 0 radical (unpaired) electrons. The molecule has 0 atom stereocenters. The summed E-state index contributed by atoms with van der Waals surface area (Å²) in [5.41, 5.74) is 0. The average Bonchev–Trinajstić information content (AvgIpc) is 2.39.